The van der Waals surface area contributed by atoms with Gasteiger partial charge in [-0.1, -0.05) is 79.9 Å². The Labute approximate surface area is 150 Å². The van der Waals surface area contributed by atoms with Gasteiger partial charge in [-0.25, -0.2) is 9.65 Å². The minimum atomic E-state index is -3.37. The van der Waals surface area contributed by atoms with Crippen LogP contribution in [0.25, 0.3) is 0 Å². The average Bonchev–Trinajstić information content (AvgIpc) is 2.68. The fourth-order valence-electron chi connectivity index (χ4n) is 3.03. The fraction of sp³-hybridized carbons (Fsp3) is 0.400. The van der Waals surface area contributed by atoms with E-state index in [1.54, 1.807) is 0 Å². The third-order valence-corrected chi connectivity index (χ3v) is 6.05. The van der Waals surface area contributed by atoms with E-state index in [1.165, 1.54) is 6.42 Å². The van der Waals surface area contributed by atoms with E-state index in [0.717, 1.165) is 36.8 Å². The van der Waals surface area contributed by atoms with Gasteiger partial charge in [0.2, 0.25) is 0 Å². The smallest absolute Gasteiger partial charge is 0.292 e. The molecule has 2 aromatic rings. The Morgan fingerprint density at radius 2 is 1.28 bits per heavy atom. The Balaban J connectivity index is 1.64. The molecule has 5 heteroatoms. The van der Waals surface area contributed by atoms with Gasteiger partial charge in [0.25, 0.3) is 0 Å². The summed E-state index contributed by atoms with van der Waals surface area (Å²) in [6, 6.07) is 19.7. The van der Waals surface area contributed by atoms with Crippen molar-refractivity contribution in [2.75, 3.05) is 0 Å². The van der Waals surface area contributed by atoms with E-state index in [0.29, 0.717) is 0 Å². The zero-order chi connectivity index (χ0) is 17.4. The summed E-state index contributed by atoms with van der Waals surface area (Å²) in [5.41, 5.74) is 1.97. The van der Waals surface area contributed by atoms with Gasteiger partial charge < -0.3 is 0 Å². The molecule has 4 nitrogen and oxygen atoms in total. The lowest BCUT2D eigenvalue weighted by Crippen LogP contribution is -2.30. The van der Waals surface area contributed by atoms with E-state index < -0.39 is 7.75 Å². The molecule has 1 aliphatic rings. The van der Waals surface area contributed by atoms with Crippen molar-refractivity contribution in [1.82, 2.24) is 5.09 Å². The highest BCUT2D eigenvalue weighted by atomic mass is 31.2. The standard InChI is InChI=1S/C20H26NO3P/c22-25(21-20-14-8-3-9-15-20,23-16-18-10-4-1-5-11-18)24-17-19-12-6-2-7-13-19/h1-2,4-7,10-13,20H,3,8-9,14-17H2,(H,21,22). The van der Waals surface area contributed by atoms with Gasteiger partial charge in [0, 0.05) is 6.04 Å². The molecule has 0 spiro atoms. The Kier molecular flexibility index (Phi) is 6.83. The summed E-state index contributed by atoms with van der Waals surface area (Å²) < 4.78 is 24.8. The molecule has 2 aromatic carbocycles. The predicted molar refractivity (Wildman–Crippen MR) is 100 cm³/mol. The maximum atomic E-state index is 13.3. The van der Waals surface area contributed by atoms with Gasteiger partial charge >= 0.3 is 7.75 Å². The van der Waals surface area contributed by atoms with Gasteiger partial charge in [-0.2, -0.15) is 0 Å². The Hall–Kier alpha value is -1.45. The maximum absolute atomic E-state index is 13.3. The normalized spacial score (nSPS) is 16.0. The monoisotopic (exact) mass is 359 g/mol. The zero-order valence-electron chi connectivity index (χ0n) is 14.5. The maximum Gasteiger partial charge on any atom is 0.406 e. The number of hydrogen-bond donors (Lipinski definition) is 1. The molecule has 0 saturated heterocycles. The first kappa shape index (κ1) is 18.3. The molecule has 0 bridgehead atoms. The third-order valence-electron chi connectivity index (χ3n) is 4.43. The highest BCUT2D eigenvalue weighted by Crippen LogP contribution is 2.47. The molecule has 0 radical (unpaired) electrons. The van der Waals surface area contributed by atoms with Crippen LogP contribution in [0.15, 0.2) is 60.7 Å². The van der Waals surface area contributed by atoms with Crippen molar-refractivity contribution in [1.29, 1.82) is 0 Å². The summed E-state index contributed by atoms with van der Waals surface area (Å²) in [5, 5.41) is 3.18. The number of rotatable bonds is 8. The summed E-state index contributed by atoms with van der Waals surface area (Å²) in [6.07, 6.45) is 5.61. The predicted octanol–water partition coefficient (Wildman–Crippen LogP) is 5.45. The molecule has 0 atom stereocenters. The highest BCUT2D eigenvalue weighted by molar-refractivity contribution is 7.51. The molecule has 1 aliphatic carbocycles. The van der Waals surface area contributed by atoms with Gasteiger partial charge in [0.05, 0.1) is 13.2 Å². The van der Waals surface area contributed by atoms with Crippen molar-refractivity contribution >= 4 is 7.75 Å². The van der Waals surface area contributed by atoms with Crippen LogP contribution in [-0.2, 0) is 26.8 Å². The molecule has 0 heterocycles. The molecule has 3 rings (SSSR count). The minimum absolute atomic E-state index is 0.200. The summed E-state index contributed by atoms with van der Waals surface area (Å²) in [5.74, 6) is 0. The summed E-state index contributed by atoms with van der Waals surface area (Å²) in [7, 11) is -3.37. The van der Waals surface area contributed by atoms with E-state index in [9.17, 15) is 4.57 Å². The lowest BCUT2D eigenvalue weighted by molar-refractivity contribution is 0.176. The molecule has 0 amide bonds. The second kappa shape index (κ2) is 9.30. The first-order chi connectivity index (χ1) is 12.2. The first-order valence-electron chi connectivity index (χ1n) is 8.98. The summed E-state index contributed by atoms with van der Waals surface area (Å²) >= 11 is 0. The first-order valence-corrected chi connectivity index (χ1v) is 10.5. The van der Waals surface area contributed by atoms with Crippen LogP contribution in [0.2, 0.25) is 0 Å². The van der Waals surface area contributed by atoms with Crippen molar-refractivity contribution in [3.05, 3.63) is 71.8 Å². The zero-order valence-corrected chi connectivity index (χ0v) is 15.4. The molecular weight excluding hydrogens is 333 g/mol. The Morgan fingerprint density at radius 3 is 1.76 bits per heavy atom. The van der Waals surface area contributed by atoms with Crippen molar-refractivity contribution in [2.45, 2.75) is 51.4 Å². The molecular formula is C20H26NO3P. The minimum Gasteiger partial charge on any atom is -0.292 e. The van der Waals surface area contributed by atoms with Crippen LogP contribution in [0.5, 0.6) is 0 Å². The molecule has 0 unspecified atom stereocenters. The van der Waals surface area contributed by atoms with Crippen LogP contribution >= 0.6 is 7.75 Å². The number of benzene rings is 2. The Bertz CT molecular complexity index is 624. The molecule has 25 heavy (non-hydrogen) atoms. The van der Waals surface area contributed by atoms with Crippen molar-refractivity contribution in [3.8, 4) is 0 Å². The molecule has 134 valence electrons. The van der Waals surface area contributed by atoms with Crippen molar-refractivity contribution in [3.63, 3.8) is 0 Å². The number of nitrogens with one attached hydrogen (secondary N) is 1. The second-order valence-corrected chi connectivity index (χ2v) is 8.25. The topological polar surface area (TPSA) is 47.6 Å². The average molecular weight is 359 g/mol. The van der Waals surface area contributed by atoms with Crippen molar-refractivity contribution < 1.29 is 13.6 Å². The molecule has 0 aliphatic heterocycles. The van der Waals surface area contributed by atoms with E-state index in [-0.39, 0.29) is 19.3 Å². The summed E-state index contributed by atoms with van der Waals surface area (Å²) in [4.78, 5) is 0. The van der Waals surface area contributed by atoms with Gasteiger partial charge in [-0.3, -0.25) is 9.05 Å². The van der Waals surface area contributed by atoms with Gasteiger partial charge in [-0.15, -0.1) is 0 Å². The van der Waals surface area contributed by atoms with Crippen LogP contribution in [-0.4, -0.2) is 6.04 Å². The Morgan fingerprint density at radius 1 is 0.800 bits per heavy atom. The van der Waals surface area contributed by atoms with Crippen LogP contribution in [0.1, 0.15) is 43.2 Å². The van der Waals surface area contributed by atoms with Crippen molar-refractivity contribution in [2.24, 2.45) is 0 Å². The molecule has 1 N–H and O–H groups in total. The van der Waals surface area contributed by atoms with E-state index >= 15 is 0 Å². The molecule has 0 aromatic heterocycles. The lowest BCUT2D eigenvalue weighted by Gasteiger charge is -2.27. The quantitative estimate of drug-likeness (QED) is 0.637. The van der Waals surface area contributed by atoms with Gasteiger partial charge in [-0.05, 0) is 24.0 Å². The fourth-order valence-corrected chi connectivity index (χ4v) is 4.60. The molecule has 1 fully saturated rings. The molecule has 1 saturated carbocycles. The SMILES string of the molecule is O=P(NC1CCCCC1)(OCc1ccccc1)OCc1ccccc1. The van der Waals surface area contributed by atoms with Crippen LogP contribution in [0, 0.1) is 0 Å². The lowest BCUT2D eigenvalue weighted by atomic mass is 9.96. The van der Waals surface area contributed by atoms with Crippen LogP contribution in [0.4, 0.5) is 0 Å². The van der Waals surface area contributed by atoms with Gasteiger partial charge in [0.1, 0.15) is 0 Å². The van der Waals surface area contributed by atoms with E-state index in [1.807, 2.05) is 60.7 Å². The van der Waals surface area contributed by atoms with E-state index in [4.69, 9.17) is 9.05 Å². The van der Waals surface area contributed by atoms with Crippen LogP contribution in [0.3, 0.4) is 0 Å². The van der Waals surface area contributed by atoms with Gasteiger partial charge in [0.15, 0.2) is 0 Å². The summed E-state index contributed by atoms with van der Waals surface area (Å²) in [6.45, 7) is 0.541. The second-order valence-electron chi connectivity index (χ2n) is 6.48. The van der Waals surface area contributed by atoms with Crippen LogP contribution < -0.4 is 5.09 Å². The van der Waals surface area contributed by atoms with E-state index in [2.05, 4.69) is 5.09 Å². The third kappa shape index (κ3) is 6.09. The highest BCUT2D eigenvalue weighted by Gasteiger charge is 2.29. The number of hydrogen-bond acceptors (Lipinski definition) is 3. The largest absolute Gasteiger partial charge is 0.406 e.